The zero-order valence-corrected chi connectivity index (χ0v) is 10.0. The van der Waals surface area contributed by atoms with E-state index in [1.165, 1.54) is 5.56 Å². The molecule has 4 rings (SSSR count). The lowest BCUT2D eigenvalue weighted by molar-refractivity contribution is 0.214. The van der Waals surface area contributed by atoms with Crippen molar-refractivity contribution in [2.45, 2.75) is 12.0 Å². The van der Waals surface area contributed by atoms with E-state index in [1.54, 1.807) is 0 Å². The summed E-state index contributed by atoms with van der Waals surface area (Å²) in [6.45, 7) is 1.67. The van der Waals surface area contributed by atoms with Gasteiger partial charge in [0.05, 0.1) is 13.2 Å². The molecule has 3 nitrogen and oxygen atoms in total. The van der Waals surface area contributed by atoms with Gasteiger partial charge in [0.1, 0.15) is 17.1 Å². The van der Waals surface area contributed by atoms with E-state index in [9.17, 15) is 0 Å². The highest BCUT2D eigenvalue weighted by Crippen LogP contribution is 2.43. The van der Waals surface area contributed by atoms with Crippen LogP contribution in [0.1, 0.15) is 12.0 Å². The first kappa shape index (κ1) is 9.95. The van der Waals surface area contributed by atoms with Crippen LogP contribution in [0.15, 0.2) is 53.7 Å². The third-order valence-electron chi connectivity index (χ3n) is 3.84. The van der Waals surface area contributed by atoms with Crippen LogP contribution in [0.2, 0.25) is 0 Å². The summed E-state index contributed by atoms with van der Waals surface area (Å²) in [6.07, 6.45) is 9.23. The Balaban J connectivity index is 1.85. The van der Waals surface area contributed by atoms with Crippen LogP contribution in [-0.2, 0) is 5.54 Å². The minimum absolute atomic E-state index is 0.122. The minimum atomic E-state index is -0.122. The lowest BCUT2D eigenvalue weighted by atomic mass is 9.85. The third kappa shape index (κ3) is 1.27. The monoisotopic (exact) mass is 238 g/mol. The summed E-state index contributed by atoms with van der Waals surface area (Å²) in [6, 6.07) is 8.27. The molecule has 1 aromatic rings. The number of allylic oxidation sites excluding steroid dienone is 2. The molecule has 0 saturated carbocycles. The zero-order valence-electron chi connectivity index (χ0n) is 10.0. The van der Waals surface area contributed by atoms with Crippen molar-refractivity contribution in [2.75, 3.05) is 13.2 Å². The molecule has 18 heavy (non-hydrogen) atoms. The average Bonchev–Trinajstić information content (AvgIpc) is 2.78. The molecule has 90 valence electrons. The number of benzene rings is 1. The molecule has 0 radical (unpaired) electrons. The Labute approximate surface area is 106 Å². The van der Waals surface area contributed by atoms with Gasteiger partial charge in [-0.1, -0.05) is 24.3 Å². The molecule has 3 heterocycles. The molecule has 3 aliphatic rings. The first-order valence-electron chi connectivity index (χ1n) is 6.31. The van der Waals surface area contributed by atoms with Gasteiger partial charge in [-0.15, -0.1) is 0 Å². The molecule has 0 aliphatic carbocycles. The van der Waals surface area contributed by atoms with Crippen molar-refractivity contribution in [1.82, 2.24) is 4.90 Å². The molecule has 0 bridgehead atoms. The van der Waals surface area contributed by atoms with Crippen molar-refractivity contribution in [3.05, 3.63) is 54.3 Å². The van der Waals surface area contributed by atoms with Gasteiger partial charge in [-0.2, -0.15) is 0 Å². The Kier molecular flexibility index (Phi) is 1.92. The number of hydrogen-bond donors (Lipinski definition) is 0. The Hall–Kier alpha value is -2.03. The van der Waals surface area contributed by atoms with Crippen LogP contribution >= 0.6 is 0 Å². The molecule has 0 N–H and O–H groups in total. The molecule has 0 fully saturated rings. The molecule has 3 heteroatoms. The van der Waals surface area contributed by atoms with Crippen LogP contribution < -0.4 is 4.74 Å². The Morgan fingerprint density at radius 1 is 1.22 bits per heavy atom. The van der Waals surface area contributed by atoms with Crippen molar-refractivity contribution in [2.24, 2.45) is 4.99 Å². The average molecular weight is 238 g/mol. The van der Waals surface area contributed by atoms with Crippen LogP contribution in [0.3, 0.4) is 0 Å². The van der Waals surface area contributed by atoms with Gasteiger partial charge in [-0.3, -0.25) is 4.99 Å². The van der Waals surface area contributed by atoms with Gasteiger partial charge < -0.3 is 9.64 Å². The summed E-state index contributed by atoms with van der Waals surface area (Å²) in [5.74, 6) is 2.05. The highest BCUT2D eigenvalue weighted by Gasteiger charge is 2.43. The van der Waals surface area contributed by atoms with Crippen molar-refractivity contribution in [3.8, 4) is 5.75 Å². The number of para-hydroxylation sites is 1. The minimum Gasteiger partial charge on any atom is -0.493 e. The fraction of sp³-hybridized carbons (Fsp3) is 0.267. The van der Waals surface area contributed by atoms with Crippen molar-refractivity contribution >= 4 is 5.84 Å². The highest BCUT2D eigenvalue weighted by atomic mass is 16.5. The van der Waals surface area contributed by atoms with Crippen LogP contribution in [0, 0.1) is 0 Å². The first-order chi connectivity index (χ1) is 8.87. The molecule has 1 spiro atoms. The first-order valence-corrected chi connectivity index (χ1v) is 6.31. The van der Waals surface area contributed by atoms with E-state index < -0.39 is 0 Å². The largest absolute Gasteiger partial charge is 0.493 e. The van der Waals surface area contributed by atoms with Gasteiger partial charge in [0.2, 0.25) is 0 Å². The summed E-state index contributed by atoms with van der Waals surface area (Å²) in [5, 5.41) is 0. The fourth-order valence-electron chi connectivity index (χ4n) is 2.96. The smallest absolute Gasteiger partial charge is 0.128 e. The molecular weight excluding hydrogens is 224 g/mol. The van der Waals surface area contributed by atoms with E-state index in [0.717, 1.165) is 31.2 Å². The molecule has 0 saturated heterocycles. The topological polar surface area (TPSA) is 24.8 Å². The van der Waals surface area contributed by atoms with Gasteiger partial charge in [-0.05, 0) is 18.2 Å². The van der Waals surface area contributed by atoms with Crippen molar-refractivity contribution in [3.63, 3.8) is 0 Å². The Morgan fingerprint density at radius 2 is 2.17 bits per heavy atom. The maximum absolute atomic E-state index is 5.74. The maximum Gasteiger partial charge on any atom is 0.128 e. The number of aliphatic imine (C=N–C) groups is 1. The number of rotatable bonds is 0. The van der Waals surface area contributed by atoms with E-state index >= 15 is 0 Å². The predicted molar refractivity (Wildman–Crippen MR) is 70.7 cm³/mol. The number of fused-ring (bicyclic) bond motifs is 3. The van der Waals surface area contributed by atoms with E-state index in [-0.39, 0.29) is 5.54 Å². The van der Waals surface area contributed by atoms with E-state index in [0.29, 0.717) is 0 Å². The van der Waals surface area contributed by atoms with Gasteiger partial charge in [0, 0.05) is 18.2 Å². The summed E-state index contributed by atoms with van der Waals surface area (Å²) in [7, 11) is 0. The van der Waals surface area contributed by atoms with Gasteiger partial charge >= 0.3 is 0 Å². The second-order valence-electron chi connectivity index (χ2n) is 4.92. The SMILES string of the molecule is C1=CC2=NC3(CCOc4ccccc43)CN2C=C1. The highest BCUT2D eigenvalue weighted by molar-refractivity contribution is 5.96. The maximum atomic E-state index is 5.74. The van der Waals surface area contributed by atoms with Crippen LogP contribution in [-0.4, -0.2) is 23.9 Å². The number of ether oxygens (including phenoxy) is 1. The lowest BCUT2D eigenvalue weighted by Crippen LogP contribution is -2.36. The van der Waals surface area contributed by atoms with Gasteiger partial charge in [-0.25, -0.2) is 0 Å². The molecule has 1 atom stereocenters. The Bertz CT molecular complexity index is 588. The van der Waals surface area contributed by atoms with E-state index in [2.05, 4.69) is 35.4 Å². The number of nitrogens with zero attached hydrogens (tertiary/aromatic N) is 2. The second-order valence-corrected chi connectivity index (χ2v) is 4.92. The summed E-state index contributed by atoms with van der Waals surface area (Å²) in [4.78, 5) is 7.19. The summed E-state index contributed by atoms with van der Waals surface area (Å²) < 4.78 is 5.74. The molecule has 0 amide bonds. The number of amidine groups is 1. The summed E-state index contributed by atoms with van der Waals surface area (Å²) >= 11 is 0. The molecule has 3 aliphatic heterocycles. The van der Waals surface area contributed by atoms with Gasteiger partial charge in [0.25, 0.3) is 0 Å². The summed E-state index contributed by atoms with van der Waals surface area (Å²) in [5.41, 5.74) is 1.10. The predicted octanol–water partition coefficient (Wildman–Crippen LogP) is 2.46. The third-order valence-corrected chi connectivity index (χ3v) is 3.84. The normalized spacial score (nSPS) is 27.8. The quantitative estimate of drug-likeness (QED) is 0.693. The standard InChI is InChI=1S/C15H14N2O/c1-2-6-13-12(5-1)15(8-10-18-13)11-17-9-4-3-7-14(17)16-15/h1-7,9H,8,10-11H2. The van der Waals surface area contributed by atoms with Gasteiger partial charge in [0.15, 0.2) is 0 Å². The van der Waals surface area contributed by atoms with E-state index in [1.807, 2.05) is 18.2 Å². The van der Waals surface area contributed by atoms with Crippen LogP contribution in [0.4, 0.5) is 0 Å². The van der Waals surface area contributed by atoms with Crippen molar-refractivity contribution in [1.29, 1.82) is 0 Å². The molecule has 1 unspecified atom stereocenters. The molecular formula is C15H14N2O. The lowest BCUT2D eigenvalue weighted by Gasteiger charge is -2.33. The Morgan fingerprint density at radius 3 is 3.11 bits per heavy atom. The molecule has 1 aromatic carbocycles. The van der Waals surface area contributed by atoms with E-state index in [4.69, 9.17) is 9.73 Å². The number of hydrogen-bond acceptors (Lipinski definition) is 3. The second kappa shape index (κ2) is 3.48. The zero-order chi connectivity index (χ0) is 12.0. The molecule has 0 aromatic heterocycles. The fourth-order valence-corrected chi connectivity index (χ4v) is 2.96. The van der Waals surface area contributed by atoms with Crippen LogP contribution in [0.25, 0.3) is 0 Å². The van der Waals surface area contributed by atoms with Crippen LogP contribution in [0.5, 0.6) is 5.75 Å². The van der Waals surface area contributed by atoms with Crippen molar-refractivity contribution < 1.29 is 4.74 Å².